The summed E-state index contributed by atoms with van der Waals surface area (Å²) in [4.78, 5) is 11.8. The molecule has 0 aromatic heterocycles. The number of hydrogen-bond donors (Lipinski definition) is 1. The molecule has 1 N–H and O–H groups in total. The Bertz CT molecular complexity index is 988. The van der Waals surface area contributed by atoms with Crippen molar-refractivity contribution in [1.29, 1.82) is 0 Å². The maximum Gasteiger partial charge on any atom is 0.341 e. The van der Waals surface area contributed by atoms with E-state index in [2.05, 4.69) is 5.32 Å². The smallest absolute Gasteiger partial charge is 0.341 e. The average molecular weight is 400 g/mol. The van der Waals surface area contributed by atoms with Gasteiger partial charge in [-0.1, -0.05) is 11.6 Å². The molecule has 0 fully saturated rings. The molecule has 26 heavy (non-hydrogen) atoms. The number of ether oxygens (including phenoxy) is 1. The van der Waals surface area contributed by atoms with Gasteiger partial charge in [0.15, 0.2) is 0 Å². The molecule has 136 valence electrons. The normalized spacial score (nSPS) is 13.6. The Labute approximate surface area is 153 Å². The molecule has 2 aromatic rings. The van der Waals surface area contributed by atoms with E-state index in [1.54, 1.807) is 24.3 Å². The lowest BCUT2D eigenvalue weighted by Crippen LogP contribution is -2.21. The number of nitrogens with one attached hydrogen (secondary N) is 1. The molecular weight excluding hydrogens is 388 g/mol. The van der Waals surface area contributed by atoms with Crippen LogP contribution in [0.25, 0.3) is 6.08 Å². The first kappa shape index (κ1) is 18.3. The predicted molar refractivity (Wildman–Crippen MR) is 93.2 cm³/mol. The summed E-state index contributed by atoms with van der Waals surface area (Å²) in [6.07, 6.45) is 1.63. The van der Waals surface area contributed by atoms with E-state index in [1.165, 1.54) is 12.1 Å². The van der Waals surface area contributed by atoms with Crippen LogP contribution in [0.5, 0.6) is 5.75 Å². The fourth-order valence-corrected chi connectivity index (χ4v) is 3.22. The van der Waals surface area contributed by atoms with Gasteiger partial charge in [-0.25, -0.2) is 8.42 Å². The Balaban J connectivity index is 1.77. The number of amides is 1. The van der Waals surface area contributed by atoms with Crippen molar-refractivity contribution in [2.24, 2.45) is 0 Å². The Morgan fingerprint density at radius 3 is 2.50 bits per heavy atom. The second-order valence-corrected chi connectivity index (χ2v) is 7.78. The van der Waals surface area contributed by atoms with E-state index in [4.69, 9.17) is 16.3 Å². The van der Waals surface area contributed by atoms with Crippen molar-refractivity contribution in [3.63, 3.8) is 0 Å². The maximum absolute atomic E-state index is 12.5. The molecule has 0 saturated carbocycles. The minimum atomic E-state index is -4.67. The summed E-state index contributed by atoms with van der Waals surface area (Å²) in [5, 5.41) is 3.06. The molecular formula is C17H12ClF2NO4S. The van der Waals surface area contributed by atoms with Crippen molar-refractivity contribution in [1.82, 2.24) is 0 Å². The lowest BCUT2D eigenvalue weighted by atomic mass is 10.1. The summed E-state index contributed by atoms with van der Waals surface area (Å²) in [7, 11) is -4.67. The zero-order valence-corrected chi connectivity index (χ0v) is 14.7. The molecule has 5 nitrogen and oxygen atoms in total. The van der Waals surface area contributed by atoms with Crippen molar-refractivity contribution >= 4 is 39.1 Å². The fraction of sp³-hybridized carbons (Fsp3) is 0.118. The van der Waals surface area contributed by atoms with Crippen LogP contribution in [0.3, 0.4) is 0 Å². The quantitative estimate of drug-likeness (QED) is 0.849. The molecule has 0 aliphatic carbocycles. The van der Waals surface area contributed by atoms with Crippen LogP contribution in [0.2, 0.25) is 5.02 Å². The number of fused-ring (bicyclic) bond motifs is 1. The zero-order chi connectivity index (χ0) is 18.9. The number of alkyl halides is 2. The van der Waals surface area contributed by atoms with Crippen LogP contribution in [-0.4, -0.2) is 26.7 Å². The largest absolute Gasteiger partial charge is 0.488 e. The summed E-state index contributed by atoms with van der Waals surface area (Å²) >= 11 is 5.92. The van der Waals surface area contributed by atoms with Gasteiger partial charge in [0, 0.05) is 16.3 Å². The van der Waals surface area contributed by atoms with Crippen molar-refractivity contribution in [2.45, 2.75) is 10.7 Å². The van der Waals surface area contributed by atoms with E-state index in [1.807, 2.05) is 0 Å². The molecule has 0 saturated heterocycles. The molecule has 0 unspecified atom stereocenters. The van der Waals surface area contributed by atoms with Crippen LogP contribution in [0.4, 0.5) is 14.5 Å². The van der Waals surface area contributed by atoms with Crippen molar-refractivity contribution in [3.8, 4) is 5.75 Å². The number of carbonyl (C=O) groups excluding carboxylic acids is 1. The number of anilines is 1. The molecule has 0 radical (unpaired) electrons. The van der Waals surface area contributed by atoms with Crippen molar-refractivity contribution in [3.05, 3.63) is 58.6 Å². The lowest BCUT2D eigenvalue weighted by molar-refractivity contribution is -0.113. The highest BCUT2D eigenvalue weighted by molar-refractivity contribution is 7.91. The second kappa shape index (κ2) is 7.05. The number of carbonyl (C=O) groups is 1. The highest BCUT2D eigenvalue weighted by atomic mass is 35.5. The molecule has 1 aliphatic heterocycles. The van der Waals surface area contributed by atoms with E-state index in [9.17, 15) is 22.0 Å². The molecule has 1 amide bonds. The first-order chi connectivity index (χ1) is 12.3. The summed E-state index contributed by atoms with van der Waals surface area (Å²) < 4.78 is 53.3. The van der Waals surface area contributed by atoms with Crippen LogP contribution < -0.4 is 10.1 Å². The summed E-state index contributed by atoms with van der Waals surface area (Å²) in [5.41, 5.74) is 1.26. The second-order valence-electron chi connectivity index (χ2n) is 5.42. The van der Waals surface area contributed by atoms with E-state index in [0.29, 0.717) is 21.9 Å². The van der Waals surface area contributed by atoms with Gasteiger partial charge in [0.25, 0.3) is 5.91 Å². The van der Waals surface area contributed by atoms with Gasteiger partial charge in [0.05, 0.1) is 10.5 Å². The number of halogens is 3. The van der Waals surface area contributed by atoms with E-state index in [-0.39, 0.29) is 12.3 Å². The van der Waals surface area contributed by atoms with Crippen molar-refractivity contribution in [2.75, 3.05) is 11.9 Å². The summed E-state index contributed by atoms with van der Waals surface area (Å²) in [5.74, 6) is -3.35. The number of sulfone groups is 1. The third-order valence-corrected chi connectivity index (χ3v) is 5.29. The first-order valence-electron chi connectivity index (χ1n) is 7.34. The minimum absolute atomic E-state index is 0.0539. The minimum Gasteiger partial charge on any atom is -0.488 e. The van der Waals surface area contributed by atoms with Gasteiger partial charge in [0.2, 0.25) is 9.84 Å². The van der Waals surface area contributed by atoms with Gasteiger partial charge in [-0.2, -0.15) is 8.78 Å². The maximum atomic E-state index is 12.5. The molecule has 0 spiro atoms. The van der Waals surface area contributed by atoms with E-state index < -0.39 is 26.4 Å². The Kier molecular flexibility index (Phi) is 4.97. The highest BCUT2D eigenvalue weighted by Gasteiger charge is 2.26. The highest BCUT2D eigenvalue weighted by Crippen LogP contribution is 2.29. The monoisotopic (exact) mass is 399 g/mol. The van der Waals surface area contributed by atoms with Crippen LogP contribution in [0.15, 0.2) is 52.9 Å². The molecule has 9 heteroatoms. The number of rotatable bonds is 4. The third-order valence-electron chi connectivity index (χ3n) is 3.65. The van der Waals surface area contributed by atoms with Crippen LogP contribution >= 0.6 is 11.6 Å². The van der Waals surface area contributed by atoms with Gasteiger partial charge in [-0.15, -0.1) is 0 Å². The number of benzene rings is 2. The molecule has 1 aliphatic rings. The summed E-state index contributed by atoms with van der Waals surface area (Å²) in [6, 6.07) is 9.53. The standard InChI is InChI=1S/C17H12ClF2NO4S/c18-12-1-6-15-10(8-12)7-11(9-25-15)16(22)21-13-2-4-14(5-3-13)26(23,24)17(19)20/h1-8,17H,9H2,(H,21,22). The van der Waals surface area contributed by atoms with Gasteiger partial charge in [-0.05, 0) is 48.5 Å². The number of hydrogen-bond acceptors (Lipinski definition) is 4. The lowest BCUT2D eigenvalue weighted by Gasteiger charge is -2.18. The Hall–Kier alpha value is -2.45. The molecule has 2 aromatic carbocycles. The van der Waals surface area contributed by atoms with E-state index in [0.717, 1.165) is 12.1 Å². The first-order valence-corrected chi connectivity index (χ1v) is 9.26. The molecule has 1 heterocycles. The fourth-order valence-electron chi connectivity index (χ4n) is 2.32. The third kappa shape index (κ3) is 3.71. The molecule has 0 atom stereocenters. The van der Waals surface area contributed by atoms with Gasteiger partial charge in [0.1, 0.15) is 12.4 Å². The Morgan fingerprint density at radius 2 is 1.85 bits per heavy atom. The van der Waals surface area contributed by atoms with Gasteiger partial charge >= 0.3 is 5.76 Å². The zero-order valence-electron chi connectivity index (χ0n) is 13.1. The Morgan fingerprint density at radius 1 is 1.15 bits per heavy atom. The van der Waals surface area contributed by atoms with Crippen LogP contribution in [0, 0.1) is 0 Å². The van der Waals surface area contributed by atoms with Gasteiger partial charge < -0.3 is 10.1 Å². The molecule has 3 rings (SSSR count). The predicted octanol–water partition coefficient (Wildman–Crippen LogP) is 3.75. The van der Waals surface area contributed by atoms with Crippen LogP contribution in [-0.2, 0) is 14.6 Å². The van der Waals surface area contributed by atoms with Crippen molar-refractivity contribution < 1.29 is 26.7 Å². The van der Waals surface area contributed by atoms with Crippen LogP contribution in [0.1, 0.15) is 5.56 Å². The molecule has 0 bridgehead atoms. The summed E-state index contributed by atoms with van der Waals surface area (Å²) in [6.45, 7) is 0.0539. The topological polar surface area (TPSA) is 72.5 Å². The van der Waals surface area contributed by atoms with Gasteiger partial charge in [-0.3, -0.25) is 4.79 Å². The SMILES string of the molecule is O=C(Nc1ccc(S(=O)(=O)C(F)F)cc1)C1=Cc2cc(Cl)ccc2OC1. The van der Waals surface area contributed by atoms with E-state index >= 15 is 0 Å². The average Bonchev–Trinajstić information content (AvgIpc) is 2.61.